The number of hydrogen-bond donors (Lipinski definition) is 1. The molecule has 0 bridgehead atoms. The maximum Gasteiger partial charge on any atom is 0.0239 e. The molecule has 1 aromatic rings. The van der Waals surface area contributed by atoms with Crippen molar-refractivity contribution < 1.29 is 0 Å². The van der Waals surface area contributed by atoms with E-state index in [4.69, 9.17) is 0 Å². The van der Waals surface area contributed by atoms with Crippen molar-refractivity contribution in [2.75, 3.05) is 20.1 Å². The van der Waals surface area contributed by atoms with Crippen LogP contribution in [0.15, 0.2) is 24.3 Å². The Morgan fingerprint density at radius 2 is 1.94 bits per heavy atom. The van der Waals surface area contributed by atoms with Crippen LogP contribution in [0, 0.1) is 5.92 Å². The summed E-state index contributed by atoms with van der Waals surface area (Å²) in [5.41, 5.74) is 3.06. The van der Waals surface area contributed by atoms with Gasteiger partial charge >= 0.3 is 0 Å². The van der Waals surface area contributed by atoms with Gasteiger partial charge in [-0.05, 0) is 44.0 Å². The Morgan fingerprint density at radius 3 is 2.65 bits per heavy atom. The first-order chi connectivity index (χ1) is 8.22. The van der Waals surface area contributed by atoms with Crippen LogP contribution in [0.25, 0.3) is 0 Å². The number of rotatable bonds is 4. The van der Waals surface area contributed by atoms with Crippen LogP contribution in [0.3, 0.4) is 0 Å². The molecule has 2 atom stereocenters. The number of fused-ring (bicyclic) bond motifs is 1. The molecule has 1 N–H and O–H groups in total. The fourth-order valence-electron chi connectivity index (χ4n) is 2.72. The fraction of sp³-hybridized carbons (Fsp3) is 0.600. The second-order valence-electron chi connectivity index (χ2n) is 5.26. The minimum atomic E-state index is 0.649. The van der Waals surface area contributed by atoms with Gasteiger partial charge in [-0.1, -0.05) is 31.2 Å². The number of nitrogens with zero attached hydrogens (tertiary/aromatic N) is 1. The predicted molar refractivity (Wildman–Crippen MR) is 73.1 cm³/mol. The van der Waals surface area contributed by atoms with Crippen molar-refractivity contribution in [2.45, 2.75) is 32.9 Å². The topological polar surface area (TPSA) is 15.3 Å². The van der Waals surface area contributed by atoms with Crippen LogP contribution in [-0.4, -0.2) is 31.1 Å². The third kappa shape index (κ3) is 2.88. The Balaban J connectivity index is 2.02. The van der Waals surface area contributed by atoms with Gasteiger partial charge in [0.05, 0.1) is 0 Å². The average molecular weight is 232 g/mol. The second kappa shape index (κ2) is 5.65. The summed E-state index contributed by atoms with van der Waals surface area (Å²) in [6.07, 6.45) is 1.20. The third-order valence-electron chi connectivity index (χ3n) is 4.09. The van der Waals surface area contributed by atoms with Gasteiger partial charge in [-0.25, -0.2) is 0 Å². The highest BCUT2D eigenvalue weighted by Gasteiger charge is 2.23. The monoisotopic (exact) mass is 232 g/mol. The van der Waals surface area contributed by atoms with Crippen molar-refractivity contribution in [2.24, 2.45) is 5.92 Å². The molecule has 0 fully saturated rings. The molecule has 94 valence electrons. The minimum Gasteiger partial charge on any atom is -0.319 e. The maximum absolute atomic E-state index is 3.28. The van der Waals surface area contributed by atoms with Gasteiger partial charge in [0.1, 0.15) is 0 Å². The second-order valence-corrected chi connectivity index (χ2v) is 5.26. The molecule has 1 aromatic carbocycles. The molecular weight excluding hydrogens is 208 g/mol. The Bertz CT molecular complexity index is 362. The Labute approximate surface area is 105 Å². The minimum absolute atomic E-state index is 0.649. The first kappa shape index (κ1) is 12.6. The van der Waals surface area contributed by atoms with Crippen LogP contribution in [0.5, 0.6) is 0 Å². The molecule has 0 saturated carbocycles. The van der Waals surface area contributed by atoms with Gasteiger partial charge < -0.3 is 5.32 Å². The van der Waals surface area contributed by atoms with Crippen molar-refractivity contribution in [3.05, 3.63) is 35.4 Å². The van der Waals surface area contributed by atoms with E-state index in [0.717, 1.165) is 13.1 Å². The molecule has 0 aliphatic carbocycles. The highest BCUT2D eigenvalue weighted by Crippen LogP contribution is 2.22. The Kier molecular flexibility index (Phi) is 4.19. The average Bonchev–Trinajstić information content (AvgIpc) is 2.37. The molecular formula is C15H24N2. The quantitative estimate of drug-likeness (QED) is 0.857. The molecule has 0 amide bonds. The largest absolute Gasteiger partial charge is 0.319 e. The molecule has 1 heterocycles. The molecule has 2 rings (SSSR count). The molecule has 2 unspecified atom stereocenters. The van der Waals surface area contributed by atoms with E-state index >= 15 is 0 Å². The zero-order chi connectivity index (χ0) is 12.3. The lowest BCUT2D eigenvalue weighted by molar-refractivity contribution is 0.145. The van der Waals surface area contributed by atoms with E-state index in [1.807, 2.05) is 7.05 Å². The van der Waals surface area contributed by atoms with Crippen molar-refractivity contribution >= 4 is 0 Å². The summed E-state index contributed by atoms with van der Waals surface area (Å²) in [5, 5.41) is 3.28. The first-order valence-corrected chi connectivity index (χ1v) is 6.67. The number of benzene rings is 1. The van der Waals surface area contributed by atoms with Crippen LogP contribution in [0.2, 0.25) is 0 Å². The van der Waals surface area contributed by atoms with Gasteiger partial charge in [-0.3, -0.25) is 4.90 Å². The molecule has 1 aliphatic heterocycles. The molecule has 0 spiro atoms. The van der Waals surface area contributed by atoms with Crippen molar-refractivity contribution in [3.63, 3.8) is 0 Å². The van der Waals surface area contributed by atoms with E-state index in [2.05, 4.69) is 48.3 Å². The lowest BCUT2D eigenvalue weighted by Gasteiger charge is -2.36. The summed E-state index contributed by atoms with van der Waals surface area (Å²) < 4.78 is 0. The molecule has 0 radical (unpaired) electrons. The number of hydrogen-bond acceptors (Lipinski definition) is 2. The zero-order valence-electron chi connectivity index (χ0n) is 11.2. The van der Waals surface area contributed by atoms with Gasteiger partial charge in [0.15, 0.2) is 0 Å². The van der Waals surface area contributed by atoms with Crippen LogP contribution in [-0.2, 0) is 13.0 Å². The SMILES string of the molecule is CNCC(C)C(C)N1CCc2ccccc2C1. The van der Waals surface area contributed by atoms with Crippen molar-refractivity contribution in [1.29, 1.82) is 0 Å². The van der Waals surface area contributed by atoms with E-state index in [1.54, 1.807) is 0 Å². The maximum atomic E-state index is 3.28. The summed E-state index contributed by atoms with van der Waals surface area (Å²) in [5.74, 6) is 0.699. The van der Waals surface area contributed by atoms with Crippen LogP contribution < -0.4 is 5.32 Å². The summed E-state index contributed by atoms with van der Waals surface area (Å²) in [6.45, 7) is 8.11. The van der Waals surface area contributed by atoms with Crippen LogP contribution >= 0.6 is 0 Å². The van der Waals surface area contributed by atoms with E-state index in [9.17, 15) is 0 Å². The lowest BCUT2D eigenvalue weighted by atomic mass is 9.95. The summed E-state index contributed by atoms with van der Waals surface area (Å²) in [4.78, 5) is 2.62. The van der Waals surface area contributed by atoms with Crippen LogP contribution in [0.4, 0.5) is 0 Å². The highest BCUT2D eigenvalue weighted by atomic mass is 15.2. The van der Waals surface area contributed by atoms with Crippen LogP contribution in [0.1, 0.15) is 25.0 Å². The van der Waals surface area contributed by atoms with Gasteiger partial charge in [0.25, 0.3) is 0 Å². The van der Waals surface area contributed by atoms with E-state index in [-0.39, 0.29) is 0 Å². The summed E-state index contributed by atoms with van der Waals surface area (Å²) in [6, 6.07) is 9.51. The lowest BCUT2D eigenvalue weighted by Crippen LogP contribution is -2.43. The first-order valence-electron chi connectivity index (χ1n) is 6.67. The smallest absolute Gasteiger partial charge is 0.0239 e. The van der Waals surface area contributed by atoms with E-state index < -0.39 is 0 Å². The molecule has 0 aromatic heterocycles. The summed E-state index contributed by atoms with van der Waals surface area (Å²) >= 11 is 0. The fourth-order valence-corrected chi connectivity index (χ4v) is 2.72. The normalized spacial score (nSPS) is 19.7. The third-order valence-corrected chi connectivity index (χ3v) is 4.09. The molecule has 0 saturated heterocycles. The Hall–Kier alpha value is -0.860. The van der Waals surface area contributed by atoms with Crippen molar-refractivity contribution in [3.8, 4) is 0 Å². The molecule has 2 nitrogen and oxygen atoms in total. The van der Waals surface area contributed by atoms with Gasteiger partial charge in [0, 0.05) is 19.1 Å². The highest BCUT2D eigenvalue weighted by molar-refractivity contribution is 5.29. The summed E-state index contributed by atoms with van der Waals surface area (Å²) in [7, 11) is 2.04. The molecule has 1 aliphatic rings. The Morgan fingerprint density at radius 1 is 1.24 bits per heavy atom. The van der Waals surface area contributed by atoms with E-state index in [0.29, 0.717) is 12.0 Å². The molecule has 17 heavy (non-hydrogen) atoms. The number of nitrogens with one attached hydrogen (secondary N) is 1. The zero-order valence-corrected chi connectivity index (χ0v) is 11.2. The molecule has 2 heteroatoms. The van der Waals surface area contributed by atoms with Gasteiger partial charge in [-0.2, -0.15) is 0 Å². The standard InChI is InChI=1S/C15H24N2/c1-12(10-16-3)13(2)17-9-8-14-6-4-5-7-15(14)11-17/h4-7,12-13,16H,8-11H2,1-3H3. The van der Waals surface area contributed by atoms with Gasteiger partial charge in [0.2, 0.25) is 0 Å². The van der Waals surface area contributed by atoms with Crippen molar-refractivity contribution in [1.82, 2.24) is 10.2 Å². The predicted octanol–water partition coefficient (Wildman–Crippen LogP) is 2.29. The van der Waals surface area contributed by atoms with E-state index in [1.165, 1.54) is 24.1 Å². The van der Waals surface area contributed by atoms with Gasteiger partial charge in [-0.15, -0.1) is 0 Å².